The summed E-state index contributed by atoms with van der Waals surface area (Å²) in [5.41, 5.74) is 0.510. The number of benzene rings is 1. The highest BCUT2D eigenvalue weighted by Crippen LogP contribution is 2.53. The Kier molecular flexibility index (Phi) is 3.89. The predicted molar refractivity (Wildman–Crippen MR) is 102 cm³/mol. The zero-order chi connectivity index (χ0) is 20.3. The average molecular weight is 396 g/mol. The zero-order valence-corrected chi connectivity index (χ0v) is 16.1. The predicted octanol–water partition coefficient (Wildman–Crippen LogP) is 1.80. The molecule has 7 nitrogen and oxygen atoms in total. The molecule has 0 saturated carbocycles. The quantitative estimate of drug-likeness (QED) is 0.800. The van der Waals surface area contributed by atoms with Crippen molar-refractivity contribution in [3.8, 4) is 0 Å². The van der Waals surface area contributed by atoms with E-state index in [9.17, 15) is 14.0 Å². The number of aromatic amines is 1. The number of fused-ring (bicyclic) bond motifs is 1. The van der Waals surface area contributed by atoms with Crippen molar-refractivity contribution >= 4 is 17.5 Å². The lowest BCUT2D eigenvalue weighted by atomic mass is 9.76. The van der Waals surface area contributed by atoms with Gasteiger partial charge in [-0.2, -0.15) is 0 Å². The van der Waals surface area contributed by atoms with Gasteiger partial charge in [0.25, 0.3) is 0 Å². The fourth-order valence-corrected chi connectivity index (χ4v) is 4.85. The van der Waals surface area contributed by atoms with Crippen LogP contribution in [0.5, 0.6) is 0 Å². The minimum atomic E-state index is -0.811. The number of halogens is 1. The van der Waals surface area contributed by atoms with E-state index in [2.05, 4.69) is 9.97 Å². The molecule has 2 fully saturated rings. The topological polar surface area (TPSA) is 78.5 Å². The van der Waals surface area contributed by atoms with Gasteiger partial charge in [-0.15, -0.1) is 0 Å². The first-order valence-electron chi connectivity index (χ1n) is 9.57. The summed E-state index contributed by atoms with van der Waals surface area (Å²) in [6.07, 6.45) is 6.72. The summed E-state index contributed by atoms with van der Waals surface area (Å²) in [6, 6.07) is 4.36. The van der Waals surface area contributed by atoms with E-state index in [-0.39, 0.29) is 17.6 Å². The third-order valence-corrected chi connectivity index (χ3v) is 6.15. The number of hydrogen-bond donors (Lipinski definition) is 1. The van der Waals surface area contributed by atoms with Gasteiger partial charge in [0.15, 0.2) is 0 Å². The molecule has 2 unspecified atom stereocenters. The Morgan fingerprint density at radius 2 is 2.31 bits per heavy atom. The third-order valence-electron chi connectivity index (χ3n) is 6.15. The molecule has 1 aromatic carbocycles. The molecule has 1 aromatic heterocycles. The highest BCUT2D eigenvalue weighted by atomic mass is 19.1. The molecule has 29 heavy (non-hydrogen) atoms. The molecule has 4 heterocycles. The van der Waals surface area contributed by atoms with Crippen molar-refractivity contribution in [1.82, 2.24) is 14.9 Å². The number of amides is 2. The molecular weight excluding hydrogens is 375 g/mol. The van der Waals surface area contributed by atoms with Gasteiger partial charge >= 0.3 is 0 Å². The Labute approximate surface area is 167 Å². The number of imidazole rings is 1. The zero-order valence-electron chi connectivity index (χ0n) is 16.1. The normalized spacial score (nSPS) is 29.6. The molecule has 3 aliphatic heterocycles. The summed E-state index contributed by atoms with van der Waals surface area (Å²) in [7, 11) is 1.70. The van der Waals surface area contributed by atoms with Crippen LogP contribution in [0.3, 0.4) is 0 Å². The average Bonchev–Trinajstić information content (AvgIpc) is 3.44. The number of nitrogens with zero attached hydrogens (tertiary/aromatic N) is 3. The number of aryl methyl sites for hydroxylation is 1. The summed E-state index contributed by atoms with van der Waals surface area (Å²) in [5, 5.41) is 0. The van der Waals surface area contributed by atoms with Crippen molar-refractivity contribution in [2.24, 2.45) is 11.8 Å². The van der Waals surface area contributed by atoms with E-state index in [0.29, 0.717) is 30.2 Å². The fraction of sp³-hybridized carbons (Fsp3) is 0.381. The maximum Gasteiger partial charge on any atom is 0.234 e. The summed E-state index contributed by atoms with van der Waals surface area (Å²) in [5.74, 6) is -1.14. The Hall–Kier alpha value is -3.00. The molecular formula is C21H21FN4O3. The molecule has 2 bridgehead atoms. The van der Waals surface area contributed by atoms with Crippen LogP contribution in [-0.4, -0.2) is 52.0 Å². The Bertz CT molecular complexity index is 1020. The monoisotopic (exact) mass is 396 g/mol. The van der Waals surface area contributed by atoms with Gasteiger partial charge < -0.3 is 19.5 Å². The Morgan fingerprint density at radius 1 is 1.48 bits per heavy atom. The lowest BCUT2D eigenvalue weighted by molar-refractivity contribution is -0.139. The Balaban J connectivity index is 1.44. The van der Waals surface area contributed by atoms with Crippen molar-refractivity contribution < 1.29 is 18.7 Å². The first-order chi connectivity index (χ1) is 13.9. The van der Waals surface area contributed by atoms with Crippen LogP contribution in [0.25, 0.3) is 0 Å². The van der Waals surface area contributed by atoms with Crippen molar-refractivity contribution in [3.63, 3.8) is 0 Å². The first kappa shape index (κ1) is 18.1. The van der Waals surface area contributed by atoms with Crippen LogP contribution in [0.4, 0.5) is 10.1 Å². The highest BCUT2D eigenvalue weighted by molar-refractivity contribution is 6.03. The molecule has 150 valence electrons. The SMILES string of the molecule is Cc1cc(F)ccc1N1C[C@@]23C=C[C@@H](O2)C(C(=O)N(C)Cc2ncc[nH]2)C3C1=O. The third kappa shape index (κ3) is 2.62. The van der Waals surface area contributed by atoms with Crippen LogP contribution in [0.15, 0.2) is 42.7 Å². The van der Waals surface area contributed by atoms with Gasteiger partial charge in [0, 0.05) is 25.1 Å². The summed E-state index contributed by atoms with van der Waals surface area (Å²) in [4.78, 5) is 37.0. The number of H-pyrrole nitrogens is 1. The molecule has 5 rings (SSSR count). The van der Waals surface area contributed by atoms with E-state index in [1.54, 1.807) is 42.2 Å². The van der Waals surface area contributed by atoms with Crippen LogP contribution in [-0.2, 0) is 20.9 Å². The number of ether oxygens (including phenoxy) is 1. The number of nitrogens with one attached hydrogen (secondary N) is 1. The van der Waals surface area contributed by atoms with Crippen molar-refractivity contribution in [2.45, 2.75) is 25.2 Å². The van der Waals surface area contributed by atoms with E-state index in [1.165, 1.54) is 12.1 Å². The highest BCUT2D eigenvalue weighted by Gasteiger charge is 2.67. The Morgan fingerprint density at radius 3 is 3.03 bits per heavy atom. The van der Waals surface area contributed by atoms with Crippen LogP contribution in [0, 0.1) is 24.6 Å². The van der Waals surface area contributed by atoms with Crippen LogP contribution in [0.2, 0.25) is 0 Å². The molecule has 0 aliphatic carbocycles. The smallest absolute Gasteiger partial charge is 0.234 e. The van der Waals surface area contributed by atoms with Gasteiger partial charge in [0.2, 0.25) is 11.8 Å². The van der Waals surface area contributed by atoms with Crippen LogP contribution >= 0.6 is 0 Å². The van der Waals surface area contributed by atoms with Gasteiger partial charge in [-0.25, -0.2) is 9.37 Å². The number of anilines is 1. The second-order valence-corrected chi connectivity index (χ2v) is 7.99. The maximum atomic E-state index is 13.5. The summed E-state index contributed by atoms with van der Waals surface area (Å²) >= 11 is 0. The lowest BCUT2D eigenvalue weighted by Crippen LogP contribution is -2.44. The molecule has 4 atom stereocenters. The summed E-state index contributed by atoms with van der Waals surface area (Å²) in [6.45, 7) is 2.42. The number of rotatable bonds is 4. The van der Waals surface area contributed by atoms with Crippen LogP contribution < -0.4 is 4.90 Å². The minimum absolute atomic E-state index is 0.145. The standard InChI is InChI=1S/C21H21FN4O3/c1-12-9-13(22)3-4-14(12)26-11-21-6-5-15(29-21)17(18(21)20(26)28)19(27)25(2)10-16-23-7-8-24-16/h3-9,15,17-18H,10-11H2,1-2H3,(H,23,24)/t15-,17?,18?,21-/m1/s1. The molecule has 0 radical (unpaired) electrons. The maximum absolute atomic E-state index is 13.5. The fourth-order valence-electron chi connectivity index (χ4n) is 4.85. The number of carbonyl (C=O) groups is 2. The number of carbonyl (C=O) groups excluding carboxylic acids is 2. The van der Waals surface area contributed by atoms with Crippen molar-refractivity contribution in [3.05, 3.63) is 59.9 Å². The second-order valence-electron chi connectivity index (χ2n) is 7.99. The van der Waals surface area contributed by atoms with E-state index < -0.39 is 23.5 Å². The van der Waals surface area contributed by atoms with E-state index in [1.807, 2.05) is 12.2 Å². The van der Waals surface area contributed by atoms with E-state index in [0.717, 1.165) is 0 Å². The van der Waals surface area contributed by atoms with Gasteiger partial charge in [0.05, 0.1) is 31.0 Å². The molecule has 1 N–H and O–H groups in total. The minimum Gasteiger partial charge on any atom is -0.360 e. The van der Waals surface area contributed by atoms with Gasteiger partial charge in [-0.1, -0.05) is 12.2 Å². The van der Waals surface area contributed by atoms with Crippen LogP contribution in [0.1, 0.15) is 11.4 Å². The molecule has 3 aliphatic rings. The number of aromatic nitrogens is 2. The van der Waals surface area contributed by atoms with Crippen molar-refractivity contribution in [1.29, 1.82) is 0 Å². The van der Waals surface area contributed by atoms with E-state index in [4.69, 9.17) is 4.74 Å². The van der Waals surface area contributed by atoms with E-state index >= 15 is 0 Å². The van der Waals surface area contributed by atoms with Gasteiger partial charge in [0.1, 0.15) is 17.2 Å². The summed E-state index contributed by atoms with van der Waals surface area (Å²) < 4.78 is 19.7. The first-order valence-corrected chi connectivity index (χ1v) is 9.57. The molecule has 2 aromatic rings. The second kappa shape index (κ2) is 6.25. The van der Waals surface area contributed by atoms with Crippen molar-refractivity contribution in [2.75, 3.05) is 18.5 Å². The van der Waals surface area contributed by atoms with Gasteiger partial charge in [-0.05, 0) is 30.7 Å². The molecule has 1 spiro atoms. The van der Waals surface area contributed by atoms with Gasteiger partial charge in [-0.3, -0.25) is 9.59 Å². The number of hydrogen-bond acceptors (Lipinski definition) is 4. The largest absolute Gasteiger partial charge is 0.360 e. The lowest BCUT2D eigenvalue weighted by Gasteiger charge is -2.27. The molecule has 2 saturated heterocycles. The molecule has 8 heteroatoms. The molecule has 2 amide bonds.